The summed E-state index contributed by atoms with van der Waals surface area (Å²) in [6.45, 7) is 9.71. The van der Waals surface area contributed by atoms with E-state index in [1.807, 2.05) is 0 Å². The number of hydrogen-bond donors (Lipinski definition) is 0. The summed E-state index contributed by atoms with van der Waals surface area (Å²) in [5.41, 5.74) is 8.16. The lowest BCUT2D eigenvalue weighted by Gasteiger charge is -2.38. The number of rotatable bonds is 7. The minimum atomic E-state index is 0.372. The fourth-order valence-corrected chi connectivity index (χ4v) is 6.88. The van der Waals surface area contributed by atoms with E-state index in [9.17, 15) is 0 Å². The fraction of sp³-hybridized carbons (Fsp3) is 0.316. The molecule has 0 saturated carbocycles. The Balaban J connectivity index is 1.43. The zero-order valence-corrected chi connectivity index (χ0v) is 24.7. The SMILES string of the molecule is CCN1C=C/C(=C/C=C(/C=C/C2=CC=[N+](CC)C3C=CC=CC23)c2cc[n+](CC)c3c2CCC=C3)C2C=CC=CC21. The van der Waals surface area contributed by atoms with Crippen molar-refractivity contribution in [1.29, 1.82) is 0 Å². The Hall–Kier alpha value is -3.98. The molecule has 4 atom stereocenters. The maximum Gasteiger partial charge on any atom is 0.208 e. The van der Waals surface area contributed by atoms with Crippen molar-refractivity contribution in [1.82, 2.24) is 4.90 Å². The summed E-state index contributed by atoms with van der Waals surface area (Å²) in [6.07, 6.45) is 45.9. The Labute approximate surface area is 246 Å². The predicted octanol–water partition coefficient (Wildman–Crippen LogP) is 6.93. The van der Waals surface area contributed by atoms with Crippen molar-refractivity contribution < 1.29 is 9.14 Å². The van der Waals surface area contributed by atoms with Gasteiger partial charge < -0.3 is 4.90 Å². The molecule has 0 N–H and O–H groups in total. The topological polar surface area (TPSA) is 10.1 Å². The first-order valence-electron chi connectivity index (χ1n) is 15.5. The van der Waals surface area contributed by atoms with Crippen LogP contribution < -0.4 is 4.57 Å². The van der Waals surface area contributed by atoms with Gasteiger partial charge in [-0.2, -0.15) is 4.57 Å². The lowest BCUT2D eigenvalue weighted by molar-refractivity contribution is -0.695. The van der Waals surface area contributed by atoms with Gasteiger partial charge >= 0.3 is 0 Å². The number of likely N-dealkylation sites (N-methyl/N-ethyl adjacent to an activating group) is 2. The van der Waals surface area contributed by atoms with Crippen LogP contribution in [0.25, 0.3) is 11.6 Å². The van der Waals surface area contributed by atoms with Gasteiger partial charge in [-0.15, -0.1) is 0 Å². The van der Waals surface area contributed by atoms with Crippen LogP contribution in [0.2, 0.25) is 0 Å². The second kappa shape index (κ2) is 12.3. The van der Waals surface area contributed by atoms with E-state index in [-0.39, 0.29) is 0 Å². The lowest BCUT2D eigenvalue weighted by Crippen LogP contribution is -2.39. The number of aryl methyl sites for hydroxylation is 1. The van der Waals surface area contributed by atoms with E-state index < -0.39 is 0 Å². The van der Waals surface area contributed by atoms with Crippen LogP contribution in [0, 0.1) is 11.8 Å². The number of pyridine rings is 1. The van der Waals surface area contributed by atoms with Gasteiger partial charge in [-0.25, -0.2) is 4.58 Å². The van der Waals surface area contributed by atoms with Crippen LogP contribution in [0.3, 0.4) is 0 Å². The van der Waals surface area contributed by atoms with Gasteiger partial charge in [-0.05, 0) is 74.2 Å². The molecule has 4 unspecified atom stereocenters. The molecule has 3 heterocycles. The summed E-state index contributed by atoms with van der Waals surface area (Å²) in [7, 11) is 0. The highest BCUT2D eigenvalue weighted by Gasteiger charge is 2.32. The molecule has 1 aromatic heterocycles. The fourth-order valence-electron chi connectivity index (χ4n) is 6.88. The summed E-state index contributed by atoms with van der Waals surface area (Å²) in [5, 5.41) is 0. The molecule has 0 aromatic carbocycles. The van der Waals surface area contributed by atoms with Gasteiger partial charge in [-0.3, -0.25) is 0 Å². The molecule has 6 rings (SSSR count). The molecule has 41 heavy (non-hydrogen) atoms. The van der Waals surface area contributed by atoms with E-state index in [0.717, 1.165) is 32.5 Å². The second-order valence-corrected chi connectivity index (χ2v) is 11.3. The molecular formula is C38H43N3+2. The molecule has 2 aliphatic heterocycles. The molecule has 1 aromatic rings. The van der Waals surface area contributed by atoms with Gasteiger partial charge in [-0.1, -0.05) is 72.9 Å². The Morgan fingerprint density at radius 1 is 0.976 bits per heavy atom. The zero-order chi connectivity index (χ0) is 28.2. The van der Waals surface area contributed by atoms with E-state index in [4.69, 9.17) is 0 Å². The first-order valence-corrected chi connectivity index (χ1v) is 15.5. The molecular weight excluding hydrogens is 498 g/mol. The van der Waals surface area contributed by atoms with Crippen LogP contribution >= 0.6 is 0 Å². The summed E-state index contributed by atoms with van der Waals surface area (Å²) < 4.78 is 4.81. The summed E-state index contributed by atoms with van der Waals surface area (Å²) >= 11 is 0. The van der Waals surface area contributed by atoms with Crippen LogP contribution in [-0.4, -0.2) is 40.9 Å². The maximum atomic E-state index is 2.43. The standard InChI is InChI=1S/C38H43N3/c1-4-39-26-23-30(33-13-7-10-16-36(33)39)21-19-29(32-25-28-41(6-3)38-18-12-9-15-35(32)38)20-22-31-24-27-40(5-2)37-17-11-8-14-34(31)37/h7-8,10-14,16-28,33-34,36-37H,4-6,9,15H2,1-3H3/q+2. The van der Waals surface area contributed by atoms with Crippen molar-refractivity contribution in [3.8, 4) is 0 Å². The first kappa shape index (κ1) is 27.2. The number of nitrogens with zero attached hydrogens (tertiary/aromatic N) is 3. The smallest absolute Gasteiger partial charge is 0.208 e. The Morgan fingerprint density at radius 3 is 2.63 bits per heavy atom. The van der Waals surface area contributed by atoms with Crippen molar-refractivity contribution in [3.05, 3.63) is 138 Å². The Bertz CT molecular complexity index is 1510. The maximum absolute atomic E-state index is 2.43. The quantitative estimate of drug-likeness (QED) is 0.269. The Kier molecular flexibility index (Phi) is 8.14. The van der Waals surface area contributed by atoms with Crippen LogP contribution in [0.4, 0.5) is 0 Å². The summed E-state index contributed by atoms with van der Waals surface area (Å²) in [6, 6.07) is 3.11. The third-order valence-corrected chi connectivity index (χ3v) is 9.16. The van der Waals surface area contributed by atoms with Gasteiger partial charge in [0.1, 0.15) is 13.1 Å². The predicted molar refractivity (Wildman–Crippen MR) is 172 cm³/mol. The third-order valence-electron chi connectivity index (χ3n) is 9.16. The summed E-state index contributed by atoms with van der Waals surface area (Å²) in [5.74, 6) is 0.744. The molecule has 0 bridgehead atoms. The number of hydrogen-bond acceptors (Lipinski definition) is 1. The highest BCUT2D eigenvalue weighted by atomic mass is 15.1. The number of fused-ring (bicyclic) bond motifs is 3. The molecule has 0 amide bonds. The molecule has 5 aliphatic rings. The largest absolute Gasteiger partial charge is 0.370 e. The first-order chi connectivity index (χ1) is 20.2. The van der Waals surface area contributed by atoms with E-state index in [1.165, 1.54) is 33.5 Å². The monoisotopic (exact) mass is 541 g/mol. The molecule has 0 radical (unpaired) electrons. The van der Waals surface area contributed by atoms with Crippen molar-refractivity contribution in [2.24, 2.45) is 11.8 Å². The second-order valence-electron chi connectivity index (χ2n) is 11.3. The minimum Gasteiger partial charge on any atom is -0.370 e. The Morgan fingerprint density at radius 2 is 1.80 bits per heavy atom. The minimum absolute atomic E-state index is 0.372. The average Bonchev–Trinajstić information content (AvgIpc) is 3.04. The van der Waals surface area contributed by atoms with Gasteiger partial charge in [0.15, 0.2) is 18.5 Å². The molecule has 3 aliphatic carbocycles. The van der Waals surface area contributed by atoms with Crippen LogP contribution in [0.15, 0.2) is 121 Å². The van der Waals surface area contributed by atoms with Crippen LogP contribution in [-0.2, 0) is 13.0 Å². The van der Waals surface area contributed by atoms with Gasteiger partial charge in [0.2, 0.25) is 5.69 Å². The van der Waals surface area contributed by atoms with Crippen molar-refractivity contribution in [2.45, 2.75) is 52.2 Å². The lowest BCUT2D eigenvalue weighted by atomic mass is 9.83. The summed E-state index contributed by atoms with van der Waals surface area (Å²) in [4.78, 5) is 2.43. The van der Waals surface area contributed by atoms with Crippen molar-refractivity contribution in [2.75, 3.05) is 13.1 Å². The van der Waals surface area contributed by atoms with Crippen LogP contribution in [0.1, 0.15) is 44.0 Å². The molecule has 3 nitrogen and oxygen atoms in total. The number of allylic oxidation sites excluding steroid dienone is 12. The molecule has 0 saturated heterocycles. The van der Waals surface area contributed by atoms with E-state index in [1.54, 1.807) is 0 Å². The normalized spacial score (nSPS) is 27.2. The van der Waals surface area contributed by atoms with Crippen molar-refractivity contribution >= 4 is 17.9 Å². The molecule has 3 heteroatoms. The molecule has 0 spiro atoms. The molecule has 0 fully saturated rings. The highest BCUT2D eigenvalue weighted by Crippen LogP contribution is 2.33. The van der Waals surface area contributed by atoms with E-state index in [2.05, 4.69) is 157 Å². The third kappa shape index (κ3) is 5.38. The average molecular weight is 542 g/mol. The van der Waals surface area contributed by atoms with Crippen LogP contribution in [0.5, 0.6) is 0 Å². The highest BCUT2D eigenvalue weighted by molar-refractivity contribution is 5.80. The van der Waals surface area contributed by atoms with Crippen molar-refractivity contribution in [3.63, 3.8) is 0 Å². The van der Waals surface area contributed by atoms with E-state index >= 15 is 0 Å². The van der Waals surface area contributed by atoms with Gasteiger partial charge in [0.05, 0.1) is 12.0 Å². The molecule has 208 valence electrons. The zero-order valence-electron chi connectivity index (χ0n) is 24.7. The number of aromatic nitrogens is 1. The van der Waals surface area contributed by atoms with Gasteiger partial charge in [0.25, 0.3) is 0 Å². The van der Waals surface area contributed by atoms with E-state index in [0.29, 0.717) is 23.9 Å². The van der Waals surface area contributed by atoms with Gasteiger partial charge in [0, 0.05) is 36.2 Å².